The van der Waals surface area contributed by atoms with E-state index in [4.69, 9.17) is 5.73 Å². The highest BCUT2D eigenvalue weighted by Gasteiger charge is 2.44. The minimum Gasteiger partial charge on any atom is -0.352 e. The highest BCUT2D eigenvalue weighted by atomic mass is 16.2. The Bertz CT molecular complexity index is 261. The molecule has 0 saturated heterocycles. The summed E-state index contributed by atoms with van der Waals surface area (Å²) in [5.41, 5.74) is 5.82. The van der Waals surface area contributed by atoms with Gasteiger partial charge in [-0.15, -0.1) is 0 Å². The van der Waals surface area contributed by atoms with Gasteiger partial charge < -0.3 is 11.1 Å². The van der Waals surface area contributed by atoms with Gasteiger partial charge in [0.25, 0.3) is 0 Å². The number of carbonyl (C=O) groups excluding carboxylic acids is 1. The van der Waals surface area contributed by atoms with Gasteiger partial charge in [-0.05, 0) is 24.7 Å². The Balaban J connectivity index is 1.70. The monoisotopic (exact) mass is 238 g/mol. The lowest BCUT2D eigenvalue weighted by Crippen LogP contribution is -2.42. The van der Waals surface area contributed by atoms with Crippen LogP contribution in [0, 0.1) is 11.8 Å². The van der Waals surface area contributed by atoms with Crippen molar-refractivity contribution in [1.29, 1.82) is 0 Å². The zero-order chi connectivity index (χ0) is 12.3. The molecule has 2 aliphatic rings. The Labute approximate surface area is 105 Å². The summed E-state index contributed by atoms with van der Waals surface area (Å²) in [6.07, 6.45) is 9.89. The van der Waals surface area contributed by atoms with Crippen LogP contribution < -0.4 is 11.1 Å². The molecule has 3 atom stereocenters. The predicted octanol–water partition coefficient (Wildman–Crippen LogP) is 2.20. The standard InChI is InChI=1S/C14H26N2O/c1-2-6-12(15)14(17)16-13-9-11(13)10-7-4-3-5-8-10/h10-13H,2-9,15H2,1H3,(H,16,17). The second-order valence-corrected chi connectivity index (χ2v) is 5.81. The summed E-state index contributed by atoms with van der Waals surface area (Å²) in [6, 6.07) is 0.140. The van der Waals surface area contributed by atoms with Crippen LogP contribution in [0.4, 0.5) is 0 Å². The highest BCUT2D eigenvalue weighted by molar-refractivity contribution is 5.82. The number of nitrogens with two attached hydrogens (primary N) is 1. The molecule has 1 amide bonds. The molecule has 2 aliphatic carbocycles. The van der Waals surface area contributed by atoms with Crippen LogP contribution in [-0.2, 0) is 4.79 Å². The van der Waals surface area contributed by atoms with Crippen molar-refractivity contribution >= 4 is 5.91 Å². The number of carbonyl (C=O) groups is 1. The fourth-order valence-electron chi connectivity index (χ4n) is 3.20. The zero-order valence-corrected chi connectivity index (χ0v) is 11.0. The molecule has 98 valence electrons. The van der Waals surface area contributed by atoms with E-state index in [1.807, 2.05) is 0 Å². The number of hydrogen-bond donors (Lipinski definition) is 2. The fraction of sp³-hybridized carbons (Fsp3) is 0.929. The van der Waals surface area contributed by atoms with Crippen LogP contribution in [0.25, 0.3) is 0 Å². The third-order valence-corrected chi connectivity index (χ3v) is 4.36. The van der Waals surface area contributed by atoms with Crippen molar-refractivity contribution in [2.75, 3.05) is 0 Å². The number of hydrogen-bond acceptors (Lipinski definition) is 2. The third-order valence-electron chi connectivity index (χ3n) is 4.36. The molecule has 0 spiro atoms. The topological polar surface area (TPSA) is 55.1 Å². The molecule has 2 rings (SSSR count). The van der Waals surface area contributed by atoms with E-state index < -0.39 is 0 Å². The minimum absolute atomic E-state index is 0.0650. The van der Waals surface area contributed by atoms with Gasteiger partial charge in [0.2, 0.25) is 5.91 Å². The van der Waals surface area contributed by atoms with Gasteiger partial charge in [-0.25, -0.2) is 0 Å². The predicted molar refractivity (Wildman–Crippen MR) is 69.5 cm³/mol. The molecule has 0 aromatic heterocycles. The molecule has 2 saturated carbocycles. The highest BCUT2D eigenvalue weighted by Crippen LogP contribution is 2.44. The molecule has 0 aliphatic heterocycles. The molecule has 3 unspecified atom stereocenters. The van der Waals surface area contributed by atoms with Gasteiger partial charge in [0.15, 0.2) is 0 Å². The Kier molecular flexibility index (Phi) is 4.43. The summed E-state index contributed by atoms with van der Waals surface area (Å²) in [4.78, 5) is 11.8. The molecule has 0 radical (unpaired) electrons. The quantitative estimate of drug-likeness (QED) is 0.771. The van der Waals surface area contributed by atoms with E-state index in [0.717, 1.165) is 24.7 Å². The van der Waals surface area contributed by atoms with Crippen molar-refractivity contribution in [2.24, 2.45) is 17.6 Å². The van der Waals surface area contributed by atoms with E-state index in [-0.39, 0.29) is 11.9 Å². The lowest BCUT2D eigenvalue weighted by atomic mass is 9.85. The van der Waals surface area contributed by atoms with Gasteiger partial charge in [-0.2, -0.15) is 0 Å². The molecule has 17 heavy (non-hydrogen) atoms. The minimum atomic E-state index is -0.299. The molecule has 0 heterocycles. The second-order valence-electron chi connectivity index (χ2n) is 5.81. The zero-order valence-electron chi connectivity index (χ0n) is 11.0. The molecular formula is C14H26N2O. The van der Waals surface area contributed by atoms with Crippen LogP contribution in [-0.4, -0.2) is 18.0 Å². The van der Waals surface area contributed by atoms with Crippen LogP contribution in [0.15, 0.2) is 0 Å². The van der Waals surface area contributed by atoms with Gasteiger partial charge in [0.05, 0.1) is 6.04 Å². The Hall–Kier alpha value is -0.570. The van der Waals surface area contributed by atoms with Crippen LogP contribution in [0.5, 0.6) is 0 Å². The maximum Gasteiger partial charge on any atom is 0.237 e. The summed E-state index contributed by atoms with van der Waals surface area (Å²) in [7, 11) is 0. The molecule has 3 N–H and O–H groups in total. The van der Waals surface area contributed by atoms with Gasteiger partial charge in [0.1, 0.15) is 0 Å². The first-order valence-electron chi connectivity index (χ1n) is 7.28. The van der Waals surface area contributed by atoms with E-state index in [1.165, 1.54) is 38.5 Å². The smallest absolute Gasteiger partial charge is 0.237 e. The summed E-state index contributed by atoms with van der Waals surface area (Å²) in [6.45, 7) is 2.06. The molecule has 3 heteroatoms. The molecular weight excluding hydrogens is 212 g/mol. The maximum absolute atomic E-state index is 11.8. The first kappa shape index (κ1) is 12.9. The summed E-state index contributed by atoms with van der Waals surface area (Å²) < 4.78 is 0. The van der Waals surface area contributed by atoms with E-state index in [0.29, 0.717) is 6.04 Å². The van der Waals surface area contributed by atoms with Crippen LogP contribution in [0.2, 0.25) is 0 Å². The maximum atomic E-state index is 11.8. The van der Waals surface area contributed by atoms with E-state index >= 15 is 0 Å². The van der Waals surface area contributed by atoms with Crippen molar-refractivity contribution in [3.8, 4) is 0 Å². The molecule has 3 nitrogen and oxygen atoms in total. The van der Waals surface area contributed by atoms with Gasteiger partial charge in [-0.3, -0.25) is 4.79 Å². The van der Waals surface area contributed by atoms with Crippen molar-refractivity contribution in [3.63, 3.8) is 0 Å². The normalized spacial score (nSPS) is 30.9. The second kappa shape index (κ2) is 5.85. The van der Waals surface area contributed by atoms with Crippen molar-refractivity contribution in [3.05, 3.63) is 0 Å². The fourth-order valence-corrected chi connectivity index (χ4v) is 3.20. The lowest BCUT2D eigenvalue weighted by Gasteiger charge is -2.22. The van der Waals surface area contributed by atoms with Crippen molar-refractivity contribution in [1.82, 2.24) is 5.32 Å². The van der Waals surface area contributed by atoms with E-state index in [2.05, 4.69) is 12.2 Å². The molecule has 0 aromatic rings. The number of amides is 1. The molecule has 0 aromatic carbocycles. The molecule has 2 fully saturated rings. The summed E-state index contributed by atoms with van der Waals surface area (Å²) in [5.74, 6) is 1.69. The Morgan fingerprint density at radius 1 is 1.35 bits per heavy atom. The Morgan fingerprint density at radius 2 is 2.06 bits per heavy atom. The van der Waals surface area contributed by atoms with Gasteiger partial charge in [-0.1, -0.05) is 45.4 Å². The SMILES string of the molecule is CCCC(N)C(=O)NC1CC1C1CCCCC1. The molecule has 0 bridgehead atoms. The van der Waals surface area contributed by atoms with E-state index in [1.54, 1.807) is 0 Å². The largest absolute Gasteiger partial charge is 0.352 e. The van der Waals surface area contributed by atoms with Crippen LogP contribution in [0.3, 0.4) is 0 Å². The average molecular weight is 238 g/mol. The third kappa shape index (κ3) is 3.44. The van der Waals surface area contributed by atoms with E-state index in [9.17, 15) is 4.79 Å². The van der Waals surface area contributed by atoms with Crippen molar-refractivity contribution < 1.29 is 4.79 Å². The Morgan fingerprint density at radius 3 is 2.71 bits per heavy atom. The van der Waals surface area contributed by atoms with Gasteiger partial charge in [0, 0.05) is 6.04 Å². The first-order valence-corrected chi connectivity index (χ1v) is 7.28. The summed E-state index contributed by atoms with van der Waals surface area (Å²) in [5, 5.41) is 3.12. The number of nitrogens with one attached hydrogen (secondary N) is 1. The average Bonchev–Trinajstić information content (AvgIpc) is 3.10. The summed E-state index contributed by atoms with van der Waals surface area (Å²) >= 11 is 0. The first-order chi connectivity index (χ1) is 8.22. The van der Waals surface area contributed by atoms with Crippen LogP contribution in [0.1, 0.15) is 58.3 Å². The van der Waals surface area contributed by atoms with Crippen LogP contribution >= 0.6 is 0 Å². The lowest BCUT2D eigenvalue weighted by molar-refractivity contribution is -0.122. The number of rotatable bonds is 5. The van der Waals surface area contributed by atoms with Gasteiger partial charge >= 0.3 is 0 Å². The van der Waals surface area contributed by atoms with Crippen molar-refractivity contribution in [2.45, 2.75) is 70.4 Å².